The van der Waals surface area contributed by atoms with E-state index in [2.05, 4.69) is 0 Å². The van der Waals surface area contributed by atoms with Gasteiger partial charge in [0.05, 0.1) is 23.1 Å². The van der Waals surface area contributed by atoms with E-state index < -0.39 is 10.0 Å². The number of sulfonamides is 1. The summed E-state index contributed by atoms with van der Waals surface area (Å²) in [5.41, 5.74) is 0. The highest BCUT2D eigenvalue weighted by atomic mass is 35.5. The molecule has 0 bridgehead atoms. The van der Waals surface area contributed by atoms with Crippen LogP contribution in [0.25, 0.3) is 0 Å². The first-order chi connectivity index (χ1) is 12.4. The van der Waals surface area contributed by atoms with Gasteiger partial charge < -0.3 is 9.80 Å². The molecule has 0 unspecified atom stereocenters. The van der Waals surface area contributed by atoms with E-state index in [1.165, 1.54) is 34.5 Å². The second-order valence-electron chi connectivity index (χ2n) is 6.82. The normalized spacial score (nSPS) is 20.3. The predicted molar refractivity (Wildman–Crippen MR) is 101 cm³/mol. The molecule has 1 N–H and O–H groups in total. The van der Waals surface area contributed by atoms with Crippen molar-refractivity contribution in [1.29, 1.82) is 0 Å². The molecule has 0 aromatic heterocycles. The molecule has 9 heteroatoms. The summed E-state index contributed by atoms with van der Waals surface area (Å²) in [5, 5.41) is 0.257. The topological polar surface area (TPSA) is 62.1 Å². The standard InChI is InChI=1S/C17H23Cl2N3O3S/c18-14-5-4-6-15(17(14)19)26(24,25)22-11-9-21(10-12-22)16(23)13-20-7-2-1-3-8-20/h4-6H,1-3,7-13H2/p+1. The second kappa shape index (κ2) is 8.44. The number of carbonyl (C=O) groups excluding carboxylic acids is 1. The molecule has 0 spiro atoms. The van der Waals surface area contributed by atoms with Gasteiger partial charge >= 0.3 is 0 Å². The van der Waals surface area contributed by atoms with Crippen LogP contribution in [0.4, 0.5) is 0 Å². The fourth-order valence-electron chi connectivity index (χ4n) is 3.55. The van der Waals surface area contributed by atoms with Gasteiger partial charge in [0, 0.05) is 26.2 Å². The van der Waals surface area contributed by atoms with Gasteiger partial charge in [-0.15, -0.1) is 0 Å². The van der Waals surface area contributed by atoms with Crippen LogP contribution in [-0.4, -0.2) is 69.3 Å². The average Bonchev–Trinajstić information content (AvgIpc) is 2.64. The SMILES string of the molecule is O=C(C[NH+]1CCCCC1)N1CCN(S(=O)(=O)c2cccc(Cl)c2Cl)CC1. The highest BCUT2D eigenvalue weighted by Crippen LogP contribution is 2.31. The lowest BCUT2D eigenvalue weighted by atomic mass is 10.1. The van der Waals surface area contributed by atoms with E-state index in [9.17, 15) is 13.2 Å². The third-order valence-corrected chi connectivity index (χ3v) is 7.96. The van der Waals surface area contributed by atoms with Crippen molar-refractivity contribution in [2.24, 2.45) is 0 Å². The Kier molecular flexibility index (Phi) is 6.45. The summed E-state index contributed by atoms with van der Waals surface area (Å²) >= 11 is 12.0. The summed E-state index contributed by atoms with van der Waals surface area (Å²) in [6, 6.07) is 4.59. The van der Waals surface area contributed by atoms with Crippen LogP contribution in [0.2, 0.25) is 10.0 Å². The highest BCUT2D eigenvalue weighted by Gasteiger charge is 2.32. The summed E-state index contributed by atoms with van der Waals surface area (Å²) in [6.07, 6.45) is 3.60. The number of nitrogens with one attached hydrogen (secondary N) is 1. The number of amides is 1. The number of rotatable bonds is 4. The Morgan fingerprint density at radius 1 is 1.04 bits per heavy atom. The number of piperidine rings is 1. The minimum absolute atomic E-state index is 0.0178. The molecule has 2 saturated heterocycles. The van der Waals surface area contributed by atoms with Gasteiger partial charge in [0.2, 0.25) is 10.0 Å². The molecule has 26 heavy (non-hydrogen) atoms. The molecule has 0 atom stereocenters. The summed E-state index contributed by atoms with van der Waals surface area (Å²) in [6.45, 7) is 3.96. The smallest absolute Gasteiger partial charge is 0.277 e. The van der Waals surface area contributed by atoms with E-state index in [0.29, 0.717) is 19.6 Å². The first kappa shape index (κ1) is 19.9. The van der Waals surface area contributed by atoms with E-state index in [1.54, 1.807) is 17.0 Å². The Morgan fingerprint density at radius 3 is 2.35 bits per heavy atom. The lowest BCUT2D eigenvalue weighted by molar-refractivity contribution is -0.897. The van der Waals surface area contributed by atoms with Gasteiger partial charge in [-0.25, -0.2) is 8.42 Å². The Hall–Kier alpha value is -0.860. The van der Waals surface area contributed by atoms with Crippen molar-refractivity contribution < 1.29 is 18.1 Å². The monoisotopic (exact) mass is 420 g/mol. The number of carbonyl (C=O) groups is 1. The minimum atomic E-state index is -3.72. The molecule has 0 saturated carbocycles. The van der Waals surface area contributed by atoms with Crippen molar-refractivity contribution in [1.82, 2.24) is 9.21 Å². The number of benzene rings is 1. The molecule has 144 valence electrons. The molecule has 1 aromatic rings. The number of piperazine rings is 1. The van der Waals surface area contributed by atoms with Crippen molar-refractivity contribution >= 4 is 39.1 Å². The fourth-order valence-corrected chi connectivity index (χ4v) is 5.71. The number of hydrogen-bond acceptors (Lipinski definition) is 3. The van der Waals surface area contributed by atoms with E-state index >= 15 is 0 Å². The average molecular weight is 421 g/mol. The van der Waals surface area contributed by atoms with Crippen molar-refractivity contribution in [3.63, 3.8) is 0 Å². The maximum Gasteiger partial charge on any atom is 0.277 e. The first-order valence-corrected chi connectivity index (χ1v) is 11.1. The summed E-state index contributed by atoms with van der Waals surface area (Å²) in [7, 11) is -3.72. The molecular formula is C17H24Cl2N3O3S+. The van der Waals surface area contributed by atoms with Crippen molar-refractivity contribution in [2.75, 3.05) is 45.8 Å². The Balaban J connectivity index is 1.60. The van der Waals surface area contributed by atoms with Gasteiger partial charge in [0.25, 0.3) is 5.91 Å². The lowest BCUT2D eigenvalue weighted by Crippen LogP contribution is -3.13. The fraction of sp³-hybridized carbons (Fsp3) is 0.588. The molecule has 2 fully saturated rings. The van der Waals surface area contributed by atoms with Crippen LogP contribution in [0.15, 0.2) is 23.1 Å². The van der Waals surface area contributed by atoms with Gasteiger partial charge in [0.15, 0.2) is 6.54 Å². The Bertz CT molecular complexity index is 759. The maximum absolute atomic E-state index is 12.8. The minimum Gasteiger partial charge on any atom is -0.335 e. The molecule has 1 amide bonds. The van der Waals surface area contributed by atoms with Crippen LogP contribution in [0.5, 0.6) is 0 Å². The molecular weight excluding hydrogens is 397 g/mol. The third-order valence-electron chi connectivity index (χ3n) is 5.09. The third kappa shape index (κ3) is 4.34. The number of hydrogen-bond donors (Lipinski definition) is 1. The zero-order valence-corrected chi connectivity index (χ0v) is 16.9. The zero-order chi connectivity index (χ0) is 18.7. The van der Waals surface area contributed by atoms with Crippen molar-refractivity contribution in [2.45, 2.75) is 24.2 Å². The zero-order valence-electron chi connectivity index (χ0n) is 14.6. The molecule has 2 heterocycles. The van der Waals surface area contributed by atoms with Crippen LogP contribution >= 0.6 is 23.2 Å². The van der Waals surface area contributed by atoms with Crippen molar-refractivity contribution in [3.05, 3.63) is 28.2 Å². The Morgan fingerprint density at radius 2 is 1.69 bits per heavy atom. The molecule has 3 rings (SSSR count). The van der Waals surface area contributed by atoms with E-state index in [-0.39, 0.29) is 33.9 Å². The van der Waals surface area contributed by atoms with Gasteiger partial charge in [-0.2, -0.15) is 4.31 Å². The van der Waals surface area contributed by atoms with Gasteiger partial charge in [-0.3, -0.25) is 4.79 Å². The molecule has 1 aromatic carbocycles. The summed E-state index contributed by atoms with van der Waals surface area (Å²) < 4.78 is 27.0. The highest BCUT2D eigenvalue weighted by molar-refractivity contribution is 7.89. The Labute approximate surface area is 164 Å². The molecule has 0 aliphatic carbocycles. The molecule has 6 nitrogen and oxygen atoms in total. The quantitative estimate of drug-likeness (QED) is 0.786. The predicted octanol–water partition coefficient (Wildman–Crippen LogP) is 0.895. The number of quaternary nitrogens is 1. The molecule has 2 aliphatic rings. The van der Waals surface area contributed by atoms with Crippen molar-refractivity contribution in [3.8, 4) is 0 Å². The number of halogens is 2. The largest absolute Gasteiger partial charge is 0.335 e. The van der Waals surface area contributed by atoms with E-state index in [0.717, 1.165) is 13.1 Å². The molecule has 2 aliphatic heterocycles. The van der Waals surface area contributed by atoms with Gasteiger partial charge in [-0.05, 0) is 31.4 Å². The van der Waals surface area contributed by atoms with E-state index in [4.69, 9.17) is 23.2 Å². The maximum atomic E-state index is 12.8. The first-order valence-electron chi connectivity index (χ1n) is 8.95. The van der Waals surface area contributed by atoms with Crippen LogP contribution in [-0.2, 0) is 14.8 Å². The second-order valence-corrected chi connectivity index (χ2v) is 9.52. The summed E-state index contributed by atoms with van der Waals surface area (Å²) in [4.78, 5) is 15.6. The summed E-state index contributed by atoms with van der Waals surface area (Å²) in [5.74, 6) is 0.111. The van der Waals surface area contributed by atoms with Crippen LogP contribution in [0, 0.1) is 0 Å². The van der Waals surface area contributed by atoms with Gasteiger partial charge in [-0.1, -0.05) is 29.3 Å². The van der Waals surface area contributed by atoms with Crippen LogP contribution in [0.1, 0.15) is 19.3 Å². The number of likely N-dealkylation sites (tertiary alicyclic amines) is 1. The number of nitrogens with zero attached hydrogens (tertiary/aromatic N) is 2. The molecule has 0 radical (unpaired) electrons. The van der Waals surface area contributed by atoms with Crippen LogP contribution < -0.4 is 4.90 Å². The van der Waals surface area contributed by atoms with E-state index in [1.807, 2.05) is 0 Å². The van der Waals surface area contributed by atoms with Gasteiger partial charge in [0.1, 0.15) is 4.90 Å². The van der Waals surface area contributed by atoms with Crippen LogP contribution in [0.3, 0.4) is 0 Å². The lowest BCUT2D eigenvalue weighted by Gasteiger charge is -2.35.